The molecule has 0 spiro atoms. The predicted molar refractivity (Wildman–Crippen MR) is 112 cm³/mol. The van der Waals surface area contributed by atoms with Gasteiger partial charge < -0.3 is 19.7 Å². The third-order valence-corrected chi connectivity index (χ3v) is 4.67. The summed E-state index contributed by atoms with van der Waals surface area (Å²) in [6.45, 7) is 1.85. The number of hydrogen-bond acceptors (Lipinski definition) is 4. The van der Waals surface area contributed by atoms with E-state index in [1.165, 1.54) is 0 Å². The average Bonchev–Trinajstić information content (AvgIpc) is 2.72. The van der Waals surface area contributed by atoms with E-state index < -0.39 is 12.2 Å². The van der Waals surface area contributed by atoms with E-state index in [1.54, 1.807) is 0 Å². The van der Waals surface area contributed by atoms with Crippen molar-refractivity contribution in [1.29, 1.82) is 0 Å². The van der Waals surface area contributed by atoms with E-state index in [2.05, 4.69) is 0 Å². The molecule has 0 aliphatic carbocycles. The first-order valence-corrected chi connectivity index (χ1v) is 10.3. The largest absolute Gasteiger partial charge is 0.391 e. The van der Waals surface area contributed by atoms with Crippen LogP contribution in [0.4, 0.5) is 0 Å². The third-order valence-electron chi connectivity index (χ3n) is 4.67. The number of unbranched alkanes of at least 4 members (excludes halogenated alkanes) is 3. The number of ether oxygens (including phenoxy) is 2. The molecule has 0 aliphatic heterocycles. The highest BCUT2D eigenvalue weighted by Crippen LogP contribution is 2.11. The Morgan fingerprint density at radius 3 is 1.36 bits per heavy atom. The Balaban J connectivity index is 1.39. The van der Waals surface area contributed by atoms with E-state index in [0.29, 0.717) is 26.4 Å². The van der Waals surface area contributed by atoms with Crippen LogP contribution < -0.4 is 0 Å². The van der Waals surface area contributed by atoms with Crippen molar-refractivity contribution in [2.24, 2.45) is 0 Å². The fourth-order valence-electron chi connectivity index (χ4n) is 3.05. The second-order valence-corrected chi connectivity index (χ2v) is 7.30. The highest BCUT2D eigenvalue weighted by Gasteiger charge is 2.06. The maximum atomic E-state index is 9.98. The minimum absolute atomic E-state index is 0.381. The highest BCUT2D eigenvalue weighted by atomic mass is 16.5. The van der Waals surface area contributed by atoms with Gasteiger partial charge in [0, 0.05) is 0 Å². The molecule has 0 radical (unpaired) electrons. The molecule has 0 unspecified atom stereocenters. The van der Waals surface area contributed by atoms with Gasteiger partial charge in [-0.15, -0.1) is 0 Å². The van der Waals surface area contributed by atoms with Crippen LogP contribution in [0.2, 0.25) is 0 Å². The van der Waals surface area contributed by atoms with Crippen LogP contribution in [-0.2, 0) is 22.7 Å². The molecule has 2 rings (SSSR count). The molecule has 2 aromatic carbocycles. The standard InChI is InChI=1S/C24H34O4/c25-23(19-27-17-21-11-5-3-6-12-21)15-9-1-2-10-16-24(26)20-28-18-22-13-7-4-8-14-22/h3-8,11-14,23-26H,1-2,9-10,15-20H2/t23-,24-/m0/s1. The zero-order chi connectivity index (χ0) is 19.9. The summed E-state index contributed by atoms with van der Waals surface area (Å²) in [6, 6.07) is 20.0. The lowest BCUT2D eigenvalue weighted by Gasteiger charge is -2.12. The number of hydrogen-bond donors (Lipinski definition) is 2. The van der Waals surface area contributed by atoms with Crippen LogP contribution in [0, 0.1) is 0 Å². The molecule has 0 amide bonds. The SMILES string of the molecule is O[C@@H](CCCCCC[C@H](O)COCc1ccccc1)COCc1ccccc1. The van der Waals surface area contributed by atoms with Crippen LogP contribution in [-0.4, -0.2) is 35.6 Å². The molecule has 0 aliphatic rings. The van der Waals surface area contributed by atoms with Crippen LogP contribution >= 0.6 is 0 Å². The molecule has 4 heteroatoms. The van der Waals surface area contributed by atoms with Crippen LogP contribution in [0.25, 0.3) is 0 Å². The minimum Gasteiger partial charge on any atom is -0.391 e. The molecule has 0 saturated carbocycles. The zero-order valence-electron chi connectivity index (χ0n) is 16.7. The first-order chi connectivity index (χ1) is 13.7. The van der Waals surface area contributed by atoms with E-state index >= 15 is 0 Å². The first-order valence-electron chi connectivity index (χ1n) is 10.3. The molecule has 0 heterocycles. The normalized spacial score (nSPS) is 13.4. The van der Waals surface area contributed by atoms with Crippen molar-refractivity contribution in [3.05, 3.63) is 71.8 Å². The van der Waals surface area contributed by atoms with Crippen molar-refractivity contribution >= 4 is 0 Å². The first kappa shape index (κ1) is 22.6. The lowest BCUT2D eigenvalue weighted by molar-refractivity contribution is 0.0215. The van der Waals surface area contributed by atoms with E-state index in [1.807, 2.05) is 60.7 Å². The topological polar surface area (TPSA) is 58.9 Å². The minimum atomic E-state index is -0.402. The van der Waals surface area contributed by atoms with Crippen LogP contribution in [0.15, 0.2) is 60.7 Å². The molecule has 0 fully saturated rings. The van der Waals surface area contributed by atoms with Gasteiger partial charge in [0.1, 0.15) is 0 Å². The van der Waals surface area contributed by atoms with Gasteiger partial charge in [-0.3, -0.25) is 0 Å². The molecule has 2 aromatic rings. The number of aliphatic hydroxyl groups excluding tert-OH is 2. The van der Waals surface area contributed by atoms with Gasteiger partial charge in [0.05, 0.1) is 38.6 Å². The lowest BCUT2D eigenvalue weighted by Crippen LogP contribution is -2.15. The molecule has 2 atom stereocenters. The Morgan fingerprint density at radius 2 is 0.964 bits per heavy atom. The fraction of sp³-hybridized carbons (Fsp3) is 0.500. The highest BCUT2D eigenvalue weighted by molar-refractivity contribution is 5.14. The van der Waals surface area contributed by atoms with Crippen molar-refractivity contribution in [3.63, 3.8) is 0 Å². The molecule has 0 aromatic heterocycles. The zero-order valence-corrected chi connectivity index (χ0v) is 16.7. The van der Waals surface area contributed by atoms with Gasteiger partial charge in [-0.2, -0.15) is 0 Å². The van der Waals surface area contributed by atoms with E-state index in [-0.39, 0.29) is 0 Å². The number of rotatable bonds is 15. The van der Waals surface area contributed by atoms with Crippen LogP contribution in [0.1, 0.15) is 49.7 Å². The smallest absolute Gasteiger partial charge is 0.0773 e. The van der Waals surface area contributed by atoms with Crippen molar-refractivity contribution in [3.8, 4) is 0 Å². The van der Waals surface area contributed by atoms with Gasteiger partial charge in [0.15, 0.2) is 0 Å². The summed E-state index contributed by atoms with van der Waals surface area (Å²) >= 11 is 0. The Kier molecular flexibility index (Phi) is 11.5. The van der Waals surface area contributed by atoms with Gasteiger partial charge in [0.2, 0.25) is 0 Å². The lowest BCUT2D eigenvalue weighted by atomic mass is 10.1. The van der Waals surface area contributed by atoms with Crippen molar-refractivity contribution in [1.82, 2.24) is 0 Å². The third kappa shape index (κ3) is 10.6. The number of aliphatic hydroxyl groups is 2. The molecule has 28 heavy (non-hydrogen) atoms. The number of benzene rings is 2. The summed E-state index contributed by atoms with van der Waals surface area (Å²) in [5.41, 5.74) is 2.25. The maximum absolute atomic E-state index is 9.98. The van der Waals surface area contributed by atoms with E-state index in [4.69, 9.17) is 9.47 Å². The quantitative estimate of drug-likeness (QED) is 0.443. The molecule has 4 nitrogen and oxygen atoms in total. The van der Waals surface area contributed by atoms with E-state index in [9.17, 15) is 10.2 Å². The summed E-state index contributed by atoms with van der Waals surface area (Å²) in [4.78, 5) is 0. The van der Waals surface area contributed by atoms with Crippen molar-refractivity contribution in [2.75, 3.05) is 13.2 Å². The van der Waals surface area contributed by atoms with Gasteiger partial charge >= 0.3 is 0 Å². The van der Waals surface area contributed by atoms with Crippen molar-refractivity contribution in [2.45, 2.75) is 63.9 Å². The Morgan fingerprint density at radius 1 is 0.571 bits per heavy atom. The monoisotopic (exact) mass is 386 g/mol. The molecule has 2 N–H and O–H groups in total. The Bertz CT molecular complexity index is 547. The summed E-state index contributed by atoms with van der Waals surface area (Å²) in [6.07, 6.45) is 4.81. The molecular weight excluding hydrogens is 352 g/mol. The summed E-state index contributed by atoms with van der Waals surface area (Å²) < 4.78 is 11.1. The molecule has 154 valence electrons. The summed E-state index contributed by atoms with van der Waals surface area (Å²) in [5.74, 6) is 0. The van der Waals surface area contributed by atoms with Gasteiger partial charge in [-0.25, -0.2) is 0 Å². The molecule has 0 bridgehead atoms. The second kappa shape index (κ2) is 14.3. The van der Waals surface area contributed by atoms with Crippen LogP contribution in [0.5, 0.6) is 0 Å². The van der Waals surface area contributed by atoms with Gasteiger partial charge in [-0.05, 0) is 24.0 Å². The summed E-state index contributed by atoms with van der Waals surface area (Å²) in [7, 11) is 0. The Hall–Kier alpha value is -1.72. The second-order valence-electron chi connectivity index (χ2n) is 7.30. The van der Waals surface area contributed by atoms with E-state index in [0.717, 1.165) is 49.7 Å². The molecular formula is C24H34O4. The fourth-order valence-corrected chi connectivity index (χ4v) is 3.05. The molecule has 0 saturated heterocycles. The summed E-state index contributed by atoms with van der Waals surface area (Å²) in [5, 5.41) is 20.0. The maximum Gasteiger partial charge on any atom is 0.0773 e. The predicted octanol–water partition coefficient (Wildman–Crippen LogP) is 4.48. The van der Waals surface area contributed by atoms with Gasteiger partial charge in [-0.1, -0.05) is 86.3 Å². The average molecular weight is 387 g/mol. The van der Waals surface area contributed by atoms with Gasteiger partial charge in [0.25, 0.3) is 0 Å². The van der Waals surface area contributed by atoms with Crippen molar-refractivity contribution < 1.29 is 19.7 Å². The van der Waals surface area contributed by atoms with Crippen LogP contribution in [0.3, 0.4) is 0 Å². The Labute approximate surface area is 169 Å².